The molecule has 3 heterocycles. The Morgan fingerprint density at radius 3 is 3.12 bits per heavy atom. The average molecular weight is 330 g/mol. The molecule has 0 radical (unpaired) electrons. The fourth-order valence-electron chi connectivity index (χ4n) is 3.88. The summed E-state index contributed by atoms with van der Waals surface area (Å²) in [6.07, 6.45) is 2.15. The minimum Gasteiger partial charge on any atom is -0.354 e. The molecule has 2 aliphatic rings. The minimum absolute atomic E-state index is 0.274. The molecular weight excluding hydrogens is 311 g/mol. The van der Waals surface area contributed by atoms with Crippen molar-refractivity contribution in [1.82, 2.24) is 10.1 Å². The molecule has 2 aromatic rings. The lowest BCUT2D eigenvalue weighted by atomic mass is 9.91. The van der Waals surface area contributed by atoms with E-state index in [9.17, 15) is 4.39 Å². The van der Waals surface area contributed by atoms with Crippen LogP contribution in [0.3, 0.4) is 0 Å². The predicted octanol–water partition coefficient (Wildman–Crippen LogP) is 3.18. The molecule has 126 valence electrons. The number of fused-ring (bicyclic) bond motifs is 2. The van der Waals surface area contributed by atoms with E-state index in [1.165, 1.54) is 12.1 Å². The summed E-state index contributed by atoms with van der Waals surface area (Å²) in [5.41, 5.74) is 9.09. The highest BCUT2D eigenvalue weighted by Gasteiger charge is 2.33. The molecular formula is C16H19FN6O. The van der Waals surface area contributed by atoms with Gasteiger partial charge in [-0.05, 0) is 42.5 Å². The molecule has 2 aliphatic heterocycles. The largest absolute Gasteiger partial charge is 0.354 e. The third kappa shape index (κ3) is 2.79. The van der Waals surface area contributed by atoms with Gasteiger partial charge in [0, 0.05) is 43.7 Å². The van der Waals surface area contributed by atoms with Crippen LogP contribution in [0.2, 0.25) is 0 Å². The van der Waals surface area contributed by atoms with Crippen LogP contribution in [-0.2, 0) is 0 Å². The fraction of sp³-hybridized carbons (Fsp3) is 0.562. The molecule has 1 aromatic carbocycles. The number of benzene rings is 1. The maximum Gasteiger partial charge on any atom is 0.180 e. The van der Waals surface area contributed by atoms with E-state index >= 15 is 0 Å². The Labute approximate surface area is 138 Å². The monoisotopic (exact) mass is 330 g/mol. The molecule has 8 heteroatoms. The Kier molecular flexibility index (Phi) is 4.00. The van der Waals surface area contributed by atoms with E-state index in [-0.39, 0.29) is 5.82 Å². The number of halogens is 1. The van der Waals surface area contributed by atoms with Crippen molar-refractivity contribution in [2.45, 2.75) is 18.9 Å². The van der Waals surface area contributed by atoms with Crippen LogP contribution in [0.1, 0.15) is 12.8 Å². The van der Waals surface area contributed by atoms with Crippen molar-refractivity contribution in [2.75, 3.05) is 37.6 Å². The van der Waals surface area contributed by atoms with Gasteiger partial charge in [-0.3, -0.25) is 4.90 Å². The van der Waals surface area contributed by atoms with Crippen LogP contribution in [0.4, 0.5) is 10.2 Å². The summed E-state index contributed by atoms with van der Waals surface area (Å²) < 4.78 is 18.9. The zero-order valence-corrected chi connectivity index (χ0v) is 13.3. The van der Waals surface area contributed by atoms with Gasteiger partial charge < -0.3 is 9.42 Å². The molecule has 4 rings (SSSR count). The van der Waals surface area contributed by atoms with E-state index in [1.807, 2.05) is 0 Å². The van der Waals surface area contributed by atoms with Gasteiger partial charge >= 0.3 is 0 Å². The van der Waals surface area contributed by atoms with Crippen molar-refractivity contribution in [3.63, 3.8) is 0 Å². The average Bonchev–Trinajstić information content (AvgIpc) is 3.02. The van der Waals surface area contributed by atoms with E-state index in [0.717, 1.165) is 50.2 Å². The first-order chi connectivity index (χ1) is 11.7. The summed E-state index contributed by atoms with van der Waals surface area (Å²) in [5.74, 6) is 0.912. The number of anilines is 1. The topological polar surface area (TPSA) is 81.3 Å². The Morgan fingerprint density at radius 1 is 1.33 bits per heavy atom. The lowest BCUT2D eigenvalue weighted by molar-refractivity contribution is 0.0981. The van der Waals surface area contributed by atoms with Gasteiger partial charge in [0.15, 0.2) is 11.4 Å². The molecule has 0 aliphatic carbocycles. The van der Waals surface area contributed by atoms with Crippen LogP contribution in [0.25, 0.3) is 21.4 Å². The van der Waals surface area contributed by atoms with Gasteiger partial charge in [0.25, 0.3) is 0 Å². The number of azide groups is 1. The summed E-state index contributed by atoms with van der Waals surface area (Å²) in [5, 5.41) is 8.62. The Morgan fingerprint density at radius 2 is 2.25 bits per heavy atom. The van der Waals surface area contributed by atoms with E-state index in [4.69, 9.17) is 10.1 Å². The first-order valence-corrected chi connectivity index (χ1v) is 8.29. The quantitative estimate of drug-likeness (QED) is 0.492. The van der Waals surface area contributed by atoms with Gasteiger partial charge in [0.2, 0.25) is 0 Å². The number of hydrogen-bond donors (Lipinski definition) is 0. The van der Waals surface area contributed by atoms with Gasteiger partial charge in [-0.2, -0.15) is 0 Å². The molecule has 2 fully saturated rings. The maximum absolute atomic E-state index is 13.5. The normalized spacial score (nSPS) is 24.6. The predicted molar refractivity (Wildman–Crippen MR) is 88.3 cm³/mol. The van der Waals surface area contributed by atoms with E-state index in [0.29, 0.717) is 24.1 Å². The van der Waals surface area contributed by atoms with Crippen LogP contribution < -0.4 is 4.90 Å². The van der Waals surface area contributed by atoms with E-state index in [2.05, 4.69) is 25.0 Å². The van der Waals surface area contributed by atoms with Crippen molar-refractivity contribution in [2.24, 2.45) is 11.0 Å². The lowest BCUT2D eigenvalue weighted by Crippen LogP contribution is -2.56. The number of nitrogens with zero attached hydrogens (tertiary/aromatic N) is 6. The van der Waals surface area contributed by atoms with Crippen LogP contribution in [-0.4, -0.2) is 48.8 Å². The molecule has 0 saturated carbocycles. The van der Waals surface area contributed by atoms with Gasteiger partial charge in [0.05, 0.1) is 5.39 Å². The summed E-state index contributed by atoms with van der Waals surface area (Å²) in [6, 6.07) is 4.96. The van der Waals surface area contributed by atoms with Crippen molar-refractivity contribution >= 4 is 16.8 Å². The van der Waals surface area contributed by atoms with Crippen LogP contribution >= 0.6 is 0 Å². The second-order valence-electron chi connectivity index (χ2n) is 6.60. The lowest BCUT2D eigenvalue weighted by Gasteiger charge is -2.46. The number of aromatic nitrogens is 1. The number of piperazine rings is 1. The van der Waals surface area contributed by atoms with Crippen molar-refractivity contribution in [1.29, 1.82) is 0 Å². The first-order valence-electron chi connectivity index (χ1n) is 8.29. The van der Waals surface area contributed by atoms with Gasteiger partial charge in [-0.1, -0.05) is 10.3 Å². The van der Waals surface area contributed by atoms with Crippen molar-refractivity contribution in [3.05, 3.63) is 34.5 Å². The first kappa shape index (κ1) is 15.2. The Balaban J connectivity index is 1.48. The summed E-state index contributed by atoms with van der Waals surface area (Å²) in [4.78, 5) is 7.53. The van der Waals surface area contributed by atoms with E-state index in [1.54, 1.807) is 6.07 Å². The zero-order valence-electron chi connectivity index (χ0n) is 13.3. The second-order valence-corrected chi connectivity index (χ2v) is 6.60. The molecule has 1 aromatic heterocycles. The molecule has 0 amide bonds. The third-order valence-electron chi connectivity index (χ3n) is 5.12. The Bertz CT molecular complexity index is 786. The minimum atomic E-state index is -0.274. The number of piperidine rings is 1. The van der Waals surface area contributed by atoms with Gasteiger partial charge in [0.1, 0.15) is 5.82 Å². The summed E-state index contributed by atoms with van der Waals surface area (Å²) in [7, 11) is 0. The highest BCUT2D eigenvalue weighted by atomic mass is 19.1. The number of hydrogen-bond acceptors (Lipinski definition) is 5. The van der Waals surface area contributed by atoms with Crippen LogP contribution in [0, 0.1) is 11.7 Å². The molecule has 0 bridgehead atoms. The molecule has 0 spiro atoms. The van der Waals surface area contributed by atoms with Crippen LogP contribution in [0.5, 0.6) is 0 Å². The molecule has 0 unspecified atom stereocenters. The van der Waals surface area contributed by atoms with Crippen LogP contribution in [0.15, 0.2) is 27.8 Å². The third-order valence-corrected chi connectivity index (χ3v) is 5.12. The second kappa shape index (κ2) is 6.30. The highest BCUT2D eigenvalue weighted by molar-refractivity contribution is 5.88. The molecule has 2 atom stereocenters. The molecule has 2 saturated heterocycles. The number of rotatable bonds is 3. The zero-order chi connectivity index (χ0) is 16.5. The maximum atomic E-state index is 13.5. The summed E-state index contributed by atoms with van der Waals surface area (Å²) >= 11 is 0. The Hall–Kier alpha value is -2.31. The SMILES string of the molecule is [N-]=[N+]=NC[C@@H]1CC[C@@H]2CN(c3noc4ccc(F)cc34)CCN2C1. The van der Waals surface area contributed by atoms with E-state index < -0.39 is 0 Å². The van der Waals surface area contributed by atoms with Gasteiger partial charge in [-0.15, -0.1) is 0 Å². The van der Waals surface area contributed by atoms with Gasteiger partial charge in [-0.25, -0.2) is 4.39 Å². The summed E-state index contributed by atoms with van der Waals surface area (Å²) in [6.45, 7) is 4.19. The standard InChI is InChI=1S/C16H19FN6O/c17-12-2-4-15-14(7-12)16(20-24-15)23-6-5-22-9-11(8-19-21-18)1-3-13(22)10-23/h2,4,7,11,13H,1,3,5-6,8-10H2/t11-,13+/m0/s1. The van der Waals surface area contributed by atoms with Crippen molar-refractivity contribution in [3.8, 4) is 0 Å². The fourth-order valence-corrected chi connectivity index (χ4v) is 3.88. The molecule has 24 heavy (non-hydrogen) atoms. The molecule has 0 N–H and O–H groups in total. The molecule has 7 nitrogen and oxygen atoms in total. The highest BCUT2D eigenvalue weighted by Crippen LogP contribution is 2.31. The smallest absolute Gasteiger partial charge is 0.180 e. The van der Waals surface area contributed by atoms with Crippen molar-refractivity contribution < 1.29 is 8.91 Å².